The first-order valence-corrected chi connectivity index (χ1v) is 9.03. The number of hydrogen-bond donors (Lipinski definition) is 1. The first-order valence-electron chi connectivity index (χ1n) is 9.03. The van der Waals surface area contributed by atoms with Gasteiger partial charge in [0.2, 0.25) is 5.65 Å². The monoisotopic (exact) mass is 383 g/mol. The third-order valence-electron chi connectivity index (χ3n) is 4.96. The number of rotatable bonds is 3. The molecule has 0 aliphatic rings. The van der Waals surface area contributed by atoms with Gasteiger partial charge in [-0.3, -0.25) is 4.98 Å². The maximum absolute atomic E-state index is 6.15. The average Bonchev–Trinajstić information content (AvgIpc) is 3.24. The van der Waals surface area contributed by atoms with Crippen LogP contribution in [0.5, 0.6) is 5.75 Å². The molecular formula is C21H17N7O. The predicted molar refractivity (Wildman–Crippen MR) is 110 cm³/mol. The van der Waals surface area contributed by atoms with E-state index in [1.54, 1.807) is 11.6 Å². The van der Waals surface area contributed by atoms with E-state index in [2.05, 4.69) is 38.5 Å². The number of methoxy groups -OCH3 is 1. The zero-order chi connectivity index (χ0) is 20.0. The van der Waals surface area contributed by atoms with E-state index in [1.165, 1.54) is 0 Å². The Morgan fingerprint density at radius 3 is 2.59 bits per heavy atom. The fourth-order valence-electron chi connectivity index (χ4n) is 3.46. The van der Waals surface area contributed by atoms with Crippen LogP contribution in [0.1, 0.15) is 5.56 Å². The summed E-state index contributed by atoms with van der Waals surface area (Å²) in [7, 11) is 1.63. The van der Waals surface area contributed by atoms with Crippen molar-refractivity contribution in [1.29, 1.82) is 0 Å². The Kier molecular flexibility index (Phi) is 3.83. The van der Waals surface area contributed by atoms with E-state index in [-0.39, 0.29) is 5.82 Å². The van der Waals surface area contributed by atoms with Gasteiger partial charge in [0.05, 0.1) is 18.3 Å². The third-order valence-corrected chi connectivity index (χ3v) is 4.96. The summed E-state index contributed by atoms with van der Waals surface area (Å²) in [6.07, 6.45) is 1.81. The molecule has 0 unspecified atom stereocenters. The summed E-state index contributed by atoms with van der Waals surface area (Å²) in [6.45, 7) is 2.06. The van der Waals surface area contributed by atoms with Crippen LogP contribution < -0.4 is 10.5 Å². The zero-order valence-electron chi connectivity index (χ0n) is 15.9. The van der Waals surface area contributed by atoms with Crippen molar-refractivity contribution >= 4 is 22.4 Å². The Hall–Kier alpha value is -4.07. The van der Waals surface area contributed by atoms with Crippen LogP contribution in [0.2, 0.25) is 0 Å². The molecule has 5 rings (SSSR count). The van der Waals surface area contributed by atoms with E-state index >= 15 is 0 Å². The van der Waals surface area contributed by atoms with E-state index in [1.807, 2.05) is 48.7 Å². The first-order chi connectivity index (χ1) is 14.2. The highest BCUT2D eigenvalue weighted by atomic mass is 16.5. The van der Waals surface area contributed by atoms with Crippen molar-refractivity contribution in [2.24, 2.45) is 0 Å². The molecule has 0 amide bonds. The highest BCUT2D eigenvalue weighted by Gasteiger charge is 2.19. The van der Waals surface area contributed by atoms with Crippen LogP contribution in [0.3, 0.4) is 0 Å². The molecule has 0 spiro atoms. The van der Waals surface area contributed by atoms with Crippen molar-refractivity contribution < 1.29 is 4.74 Å². The number of nitrogens with zero attached hydrogens (tertiary/aromatic N) is 6. The maximum Gasteiger partial charge on any atom is 0.222 e. The lowest BCUT2D eigenvalue weighted by Crippen LogP contribution is -2.05. The number of aryl methyl sites for hydroxylation is 1. The number of nitrogens with two attached hydrogens (primary N) is 1. The second-order valence-electron chi connectivity index (χ2n) is 6.70. The molecule has 29 heavy (non-hydrogen) atoms. The lowest BCUT2D eigenvalue weighted by Gasteiger charge is -2.13. The van der Waals surface area contributed by atoms with Gasteiger partial charge in [-0.2, -0.15) is 4.52 Å². The second-order valence-corrected chi connectivity index (χ2v) is 6.70. The number of nitrogen functional groups attached to an aromatic ring is 1. The zero-order valence-corrected chi connectivity index (χ0v) is 15.9. The van der Waals surface area contributed by atoms with Gasteiger partial charge in [-0.1, -0.05) is 6.07 Å². The van der Waals surface area contributed by atoms with Gasteiger partial charge in [0.1, 0.15) is 11.4 Å². The van der Waals surface area contributed by atoms with Crippen LogP contribution in [0.25, 0.3) is 39.1 Å². The summed E-state index contributed by atoms with van der Waals surface area (Å²) in [6, 6.07) is 15.7. The summed E-state index contributed by atoms with van der Waals surface area (Å²) in [5.74, 6) is 1.03. The number of pyridine rings is 1. The van der Waals surface area contributed by atoms with Gasteiger partial charge in [0.25, 0.3) is 0 Å². The molecule has 0 fully saturated rings. The smallest absolute Gasteiger partial charge is 0.222 e. The molecule has 3 aromatic heterocycles. The quantitative estimate of drug-likeness (QED) is 0.510. The van der Waals surface area contributed by atoms with Crippen LogP contribution in [-0.2, 0) is 0 Å². The molecule has 0 atom stereocenters. The largest absolute Gasteiger partial charge is 0.497 e. The molecule has 0 radical (unpaired) electrons. The molecular weight excluding hydrogens is 366 g/mol. The molecule has 0 bridgehead atoms. The number of ether oxygens (including phenoxy) is 1. The molecule has 2 N–H and O–H groups in total. The lowest BCUT2D eigenvalue weighted by atomic mass is 10.0. The van der Waals surface area contributed by atoms with Crippen molar-refractivity contribution in [3.05, 3.63) is 60.3 Å². The van der Waals surface area contributed by atoms with Gasteiger partial charge in [-0.15, -0.1) is 5.10 Å². The predicted octanol–water partition coefficient (Wildman–Crippen LogP) is 3.30. The minimum Gasteiger partial charge on any atom is -0.497 e. The number of aromatic nitrogens is 6. The van der Waals surface area contributed by atoms with E-state index in [9.17, 15) is 0 Å². The molecule has 5 aromatic rings. The van der Waals surface area contributed by atoms with Crippen molar-refractivity contribution in [1.82, 2.24) is 30.0 Å². The van der Waals surface area contributed by atoms with Crippen molar-refractivity contribution in [2.75, 3.05) is 12.8 Å². The van der Waals surface area contributed by atoms with Crippen molar-refractivity contribution in [3.8, 4) is 28.3 Å². The molecule has 8 nitrogen and oxygen atoms in total. The summed E-state index contributed by atoms with van der Waals surface area (Å²) in [5.41, 5.74) is 11.9. The SMILES string of the molecule is COc1ccc(-c2nc(N)c3nnnn3c2-c2ccc3nccc(C)c3c2)cc1. The second kappa shape index (κ2) is 6.52. The van der Waals surface area contributed by atoms with E-state index in [0.717, 1.165) is 39.0 Å². The van der Waals surface area contributed by atoms with Crippen molar-refractivity contribution in [2.45, 2.75) is 6.92 Å². The first kappa shape index (κ1) is 17.1. The summed E-state index contributed by atoms with van der Waals surface area (Å²) in [4.78, 5) is 9.08. The Morgan fingerprint density at radius 1 is 1.00 bits per heavy atom. The van der Waals surface area contributed by atoms with Gasteiger partial charge in [-0.25, -0.2) is 4.98 Å². The van der Waals surface area contributed by atoms with Gasteiger partial charge < -0.3 is 10.5 Å². The van der Waals surface area contributed by atoms with Crippen LogP contribution in [0, 0.1) is 6.92 Å². The number of anilines is 1. The van der Waals surface area contributed by atoms with E-state index < -0.39 is 0 Å². The topological polar surface area (TPSA) is 104 Å². The van der Waals surface area contributed by atoms with Gasteiger partial charge in [0.15, 0.2) is 5.82 Å². The Balaban J connectivity index is 1.83. The summed E-state index contributed by atoms with van der Waals surface area (Å²) < 4.78 is 6.91. The maximum atomic E-state index is 6.15. The molecule has 2 aromatic carbocycles. The molecule has 0 saturated heterocycles. The Bertz CT molecular complexity index is 1360. The summed E-state index contributed by atoms with van der Waals surface area (Å²) in [5, 5.41) is 13.1. The normalized spacial score (nSPS) is 11.2. The number of hydrogen-bond acceptors (Lipinski definition) is 7. The van der Waals surface area contributed by atoms with Crippen LogP contribution >= 0.6 is 0 Å². The number of benzene rings is 2. The minimum atomic E-state index is 0.267. The Labute approximate surface area is 166 Å². The molecule has 8 heteroatoms. The molecule has 0 saturated carbocycles. The van der Waals surface area contributed by atoms with Crippen LogP contribution in [-0.4, -0.2) is 37.1 Å². The fraction of sp³-hybridized carbons (Fsp3) is 0.0952. The van der Waals surface area contributed by atoms with Gasteiger partial charge in [0, 0.05) is 22.7 Å². The van der Waals surface area contributed by atoms with Gasteiger partial charge in [-0.05, 0) is 65.4 Å². The number of tetrazole rings is 1. The minimum absolute atomic E-state index is 0.267. The molecule has 142 valence electrons. The molecule has 0 aliphatic carbocycles. The summed E-state index contributed by atoms with van der Waals surface area (Å²) >= 11 is 0. The standard InChI is InChI=1S/C21H17N7O/c1-12-9-10-23-17-8-5-14(11-16(12)17)19-18(13-3-6-15(29-2)7-4-13)24-20(22)21-25-26-27-28(19)21/h3-11H,1-2H3,(H2,22,24). The average molecular weight is 383 g/mol. The highest BCUT2D eigenvalue weighted by molar-refractivity contribution is 5.90. The lowest BCUT2D eigenvalue weighted by molar-refractivity contribution is 0.415. The third kappa shape index (κ3) is 2.73. The van der Waals surface area contributed by atoms with E-state index in [4.69, 9.17) is 10.5 Å². The van der Waals surface area contributed by atoms with Crippen LogP contribution in [0.4, 0.5) is 5.82 Å². The highest BCUT2D eigenvalue weighted by Crippen LogP contribution is 2.34. The van der Waals surface area contributed by atoms with E-state index in [0.29, 0.717) is 11.3 Å². The van der Waals surface area contributed by atoms with Crippen LogP contribution in [0.15, 0.2) is 54.7 Å². The molecule has 0 aliphatic heterocycles. The fourth-order valence-corrected chi connectivity index (χ4v) is 3.46. The molecule has 3 heterocycles. The van der Waals surface area contributed by atoms with Crippen molar-refractivity contribution in [3.63, 3.8) is 0 Å². The van der Waals surface area contributed by atoms with Gasteiger partial charge >= 0.3 is 0 Å². The number of fused-ring (bicyclic) bond motifs is 2. The Morgan fingerprint density at radius 2 is 1.79 bits per heavy atom.